The molecule has 7 nitrogen and oxygen atoms in total. The molecule has 1 aliphatic heterocycles. The van der Waals surface area contributed by atoms with Gasteiger partial charge in [0.2, 0.25) is 5.91 Å². The van der Waals surface area contributed by atoms with Crippen molar-refractivity contribution in [2.45, 2.75) is 25.7 Å². The maximum atomic E-state index is 12.5. The lowest BCUT2D eigenvalue weighted by Crippen LogP contribution is -2.53. The number of piperidine rings is 1. The number of aryl methyl sites for hydroxylation is 1. The molecule has 0 saturated carbocycles. The normalized spacial score (nSPS) is 20.4. The van der Waals surface area contributed by atoms with E-state index in [9.17, 15) is 23.1 Å². The van der Waals surface area contributed by atoms with Crippen molar-refractivity contribution >= 4 is 21.7 Å². The van der Waals surface area contributed by atoms with Crippen LogP contribution >= 0.6 is 0 Å². The van der Waals surface area contributed by atoms with Crippen LogP contribution in [0.4, 0.5) is 0 Å². The van der Waals surface area contributed by atoms with Gasteiger partial charge in [0.15, 0.2) is 9.84 Å². The Morgan fingerprint density at radius 3 is 2.59 bits per heavy atom. The van der Waals surface area contributed by atoms with Crippen molar-refractivity contribution in [3.8, 4) is 0 Å². The molecule has 1 aromatic rings. The summed E-state index contributed by atoms with van der Waals surface area (Å²) < 4.78 is 29.6. The molecule has 1 heterocycles. The largest absolute Gasteiger partial charge is 0.481 e. The number of likely N-dealkylation sites (tertiary alicyclic amines) is 1. The minimum atomic E-state index is -3.54. The van der Waals surface area contributed by atoms with Crippen molar-refractivity contribution in [2.24, 2.45) is 5.41 Å². The van der Waals surface area contributed by atoms with Crippen LogP contribution in [0.2, 0.25) is 0 Å². The van der Waals surface area contributed by atoms with Gasteiger partial charge in [-0.05, 0) is 31.2 Å². The molecule has 1 unspecified atom stereocenters. The van der Waals surface area contributed by atoms with Gasteiger partial charge in [-0.15, -0.1) is 0 Å². The average molecular weight is 397 g/mol. The second-order valence-electron chi connectivity index (χ2n) is 7.12. The van der Waals surface area contributed by atoms with Crippen molar-refractivity contribution in [2.75, 3.05) is 38.3 Å². The Kier molecular flexibility index (Phi) is 7.38. The van der Waals surface area contributed by atoms with Gasteiger partial charge in [-0.3, -0.25) is 9.59 Å². The molecule has 1 aromatic carbocycles. The van der Waals surface area contributed by atoms with Crippen LogP contribution in [-0.2, 0) is 30.6 Å². The SMILES string of the molecule is COCC1(C(=O)O)CCCN(C(=O)CS(=O)(=O)CCCc2ccccc2)C1. The topological polar surface area (TPSA) is 101 Å². The number of nitrogens with zero attached hydrogens (tertiary/aromatic N) is 1. The van der Waals surface area contributed by atoms with E-state index < -0.39 is 32.9 Å². The highest BCUT2D eigenvalue weighted by molar-refractivity contribution is 7.92. The number of benzene rings is 1. The molecule has 1 amide bonds. The fourth-order valence-corrected chi connectivity index (χ4v) is 4.75. The van der Waals surface area contributed by atoms with Gasteiger partial charge in [0.1, 0.15) is 11.2 Å². The molecule has 1 fully saturated rings. The number of carbonyl (C=O) groups is 2. The quantitative estimate of drug-likeness (QED) is 0.675. The average Bonchev–Trinajstić information content (AvgIpc) is 2.62. The second kappa shape index (κ2) is 9.32. The van der Waals surface area contributed by atoms with Crippen LogP contribution in [0, 0.1) is 5.41 Å². The molecular formula is C19H27NO6S. The lowest BCUT2D eigenvalue weighted by Gasteiger charge is -2.39. The predicted molar refractivity (Wildman–Crippen MR) is 101 cm³/mol. The Morgan fingerprint density at radius 1 is 1.26 bits per heavy atom. The summed E-state index contributed by atoms with van der Waals surface area (Å²) in [5.41, 5.74) is -0.111. The van der Waals surface area contributed by atoms with E-state index in [1.54, 1.807) is 0 Å². The number of ether oxygens (including phenoxy) is 1. The van der Waals surface area contributed by atoms with E-state index in [1.165, 1.54) is 12.0 Å². The van der Waals surface area contributed by atoms with Gasteiger partial charge in [0.05, 0.1) is 12.4 Å². The van der Waals surface area contributed by atoms with Crippen LogP contribution in [0.15, 0.2) is 30.3 Å². The number of aliphatic carboxylic acids is 1. The van der Waals surface area contributed by atoms with E-state index in [2.05, 4.69) is 0 Å². The van der Waals surface area contributed by atoms with Crippen molar-refractivity contribution < 1.29 is 27.9 Å². The highest BCUT2D eigenvalue weighted by Gasteiger charge is 2.44. The first kappa shape index (κ1) is 21.4. The molecule has 8 heteroatoms. The number of sulfone groups is 1. The molecule has 0 radical (unpaired) electrons. The van der Waals surface area contributed by atoms with Crippen LogP contribution in [0.1, 0.15) is 24.8 Å². The van der Waals surface area contributed by atoms with Gasteiger partial charge in [0.25, 0.3) is 0 Å². The number of carbonyl (C=O) groups excluding carboxylic acids is 1. The van der Waals surface area contributed by atoms with Gasteiger partial charge >= 0.3 is 5.97 Å². The Labute approximate surface area is 160 Å². The van der Waals surface area contributed by atoms with Crippen molar-refractivity contribution in [1.82, 2.24) is 4.90 Å². The summed E-state index contributed by atoms with van der Waals surface area (Å²) in [5, 5.41) is 9.54. The third-order valence-corrected chi connectivity index (χ3v) is 6.51. The standard InChI is InChI=1S/C19H27NO6S/c1-26-15-19(18(22)23)10-6-11-20(14-19)17(21)13-27(24,25)12-5-9-16-7-3-2-4-8-16/h2-4,7-8H,5-6,9-15H2,1H3,(H,22,23). The Hall–Kier alpha value is -1.93. The minimum absolute atomic E-state index is 0.00403. The van der Waals surface area contributed by atoms with E-state index in [0.29, 0.717) is 32.2 Å². The summed E-state index contributed by atoms with van der Waals surface area (Å²) in [6.45, 7) is 0.349. The molecule has 0 aromatic heterocycles. The fourth-order valence-electron chi connectivity index (χ4n) is 3.47. The molecule has 2 rings (SSSR count). The molecule has 1 saturated heterocycles. The number of amides is 1. The van der Waals surface area contributed by atoms with E-state index in [0.717, 1.165) is 5.56 Å². The van der Waals surface area contributed by atoms with Crippen LogP contribution in [0.25, 0.3) is 0 Å². The van der Waals surface area contributed by atoms with Crippen LogP contribution in [0.5, 0.6) is 0 Å². The van der Waals surface area contributed by atoms with Gasteiger partial charge in [0, 0.05) is 20.2 Å². The van der Waals surface area contributed by atoms with E-state index >= 15 is 0 Å². The smallest absolute Gasteiger partial charge is 0.313 e. The zero-order valence-electron chi connectivity index (χ0n) is 15.6. The van der Waals surface area contributed by atoms with Gasteiger partial charge in [-0.2, -0.15) is 0 Å². The minimum Gasteiger partial charge on any atom is -0.481 e. The molecule has 27 heavy (non-hydrogen) atoms. The van der Waals surface area contributed by atoms with Crippen LogP contribution in [-0.4, -0.2) is 68.6 Å². The molecular weight excluding hydrogens is 370 g/mol. The van der Waals surface area contributed by atoms with E-state index in [1.807, 2.05) is 30.3 Å². The van der Waals surface area contributed by atoms with Crippen molar-refractivity contribution in [3.05, 3.63) is 35.9 Å². The van der Waals surface area contributed by atoms with Gasteiger partial charge in [-0.1, -0.05) is 30.3 Å². The highest BCUT2D eigenvalue weighted by atomic mass is 32.2. The summed E-state index contributed by atoms with van der Waals surface area (Å²) >= 11 is 0. The maximum absolute atomic E-state index is 12.5. The molecule has 0 spiro atoms. The number of hydrogen-bond donors (Lipinski definition) is 1. The Bertz CT molecular complexity index is 745. The van der Waals surface area contributed by atoms with Crippen molar-refractivity contribution in [3.63, 3.8) is 0 Å². The fraction of sp³-hybridized carbons (Fsp3) is 0.579. The molecule has 1 atom stereocenters. The number of carboxylic acids is 1. The second-order valence-corrected chi connectivity index (χ2v) is 9.30. The highest BCUT2D eigenvalue weighted by Crippen LogP contribution is 2.31. The third kappa shape index (κ3) is 6.04. The number of carboxylic acid groups (broad SMARTS) is 1. The first-order valence-corrected chi connectivity index (χ1v) is 10.8. The first-order valence-electron chi connectivity index (χ1n) is 9.02. The molecule has 150 valence electrons. The monoisotopic (exact) mass is 397 g/mol. The van der Waals surface area contributed by atoms with Gasteiger partial charge in [-0.25, -0.2) is 8.42 Å². The summed E-state index contributed by atoms with van der Waals surface area (Å²) in [4.78, 5) is 25.5. The van der Waals surface area contributed by atoms with Crippen LogP contribution < -0.4 is 0 Å². The molecule has 1 aliphatic rings. The lowest BCUT2D eigenvalue weighted by molar-refractivity contribution is -0.158. The molecule has 0 bridgehead atoms. The third-order valence-electron chi connectivity index (χ3n) is 4.91. The number of hydrogen-bond acceptors (Lipinski definition) is 5. The van der Waals surface area contributed by atoms with Gasteiger partial charge < -0.3 is 14.7 Å². The Balaban J connectivity index is 1.91. The number of methoxy groups -OCH3 is 1. The summed E-state index contributed by atoms with van der Waals surface area (Å²) in [7, 11) is -2.12. The zero-order valence-corrected chi connectivity index (χ0v) is 16.4. The number of rotatable bonds is 9. The maximum Gasteiger partial charge on any atom is 0.313 e. The zero-order chi connectivity index (χ0) is 19.9. The summed E-state index contributed by atoms with van der Waals surface area (Å²) in [6.07, 6.45) is 2.00. The summed E-state index contributed by atoms with van der Waals surface area (Å²) in [5.74, 6) is -2.20. The van der Waals surface area contributed by atoms with E-state index in [4.69, 9.17) is 4.74 Å². The van der Waals surface area contributed by atoms with E-state index in [-0.39, 0.29) is 18.9 Å². The molecule has 1 N–H and O–H groups in total. The summed E-state index contributed by atoms with van der Waals surface area (Å²) in [6, 6.07) is 9.58. The van der Waals surface area contributed by atoms with Crippen LogP contribution in [0.3, 0.4) is 0 Å². The lowest BCUT2D eigenvalue weighted by atomic mass is 9.80. The first-order chi connectivity index (χ1) is 12.8. The Morgan fingerprint density at radius 2 is 1.96 bits per heavy atom. The molecule has 0 aliphatic carbocycles. The predicted octanol–water partition coefficient (Wildman–Crippen LogP) is 1.37. The van der Waals surface area contributed by atoms with Crippen molar-refractivity contribution in [1.29, 1.82) is 0 Å².